The fourth-order valence-electron chi connectivity index (χ4n) is 1.75. The quantitative estimate of drug-likeness (QED) is 0.752. The van der Waals surface area contributed by atoms with Gasteiger partial charge >= 0.3 is 108 Å². The van der Waals surface area contributed by atoms with Gasteiger partial charge in [0.2, 0.25) is 0 Å². The molecule has 0 bridgehead atoms. The van der Waals surface area contributed by atoms with Crippen LogP contribution in [-0.4, -0.2) is 18.8 Å². The number of aliphatic hydroxyl groups excluding tert-OH is 1. The number of methoxy groups -OCH3 is 1. The van der Waals surface area contributed by atoms with Gasteiger partial charge in [0.15, 0.2) is 0 Å². The molecule has 3 heteroatoms. The standard InChI is InChI=1S/C12H17O2.Hg/c1-14-12(9-5-6-10-13)11-7-3-2-4-8-11;/h2-4,7-9,12-13H,5-6,10H2,1H3;. The first-order chi connectivity index (χ1) is 7.29. The summed E-state index contributed by atoms with van der Waals surface area (Å²) in [5.74, 6) is 0. The van der Waals surface area contributed by atoms with Gasteiger partial charge in [-0.05, 0) is 0 Å². The summed E-state index contributed by atoms with van der Waals surface area (Å²) in [5.41, 5.74) is 1.26. The van der Waals surface area contributed by atoms with Crippen LogP contribution in [0.5, 0.6) is 0 Å². The van der Waals surface area contributed by atoms with E-state index in [4.69, 9.17) is 9.84 Å². The van der Waals surface area contributed by atoms with Crippen LogP contribution in [0.2, 0.25) is 3.43 Å². The van der Waals surface area contributed by atoms with E-state index in [9.17, 15) is 0 Å². The molecule has 2 nitrogen and oxygen atoms in total. The topological polar surface area (TPSA) is 29.5 Å². The Labute approximate surface area is 108 Å². The molecule has 0 spiro atoms. The van der Waals surface area contributed by atoms with Crippen molar-refractivity contribution in [2.75, 3.05) is 13.7 Å². The van der Waals surface area contributed by atoms with E-state index in [1.807, 2.05) is 18.2 Å². The molecule has 0 saturated heterocycles. The number of hydrogen-bond acceptors (Lipinski definition) is 2. The van der Waals surface area contributed by atoms with Gasteiger partial charge in [-0.2, -0.15) is 0 Å². The van der Waals surface area contributed by atoms with Crippen LogP contribution in [-0.2, 0) is 30.9 Å². The molecular weight excluding hydrogens is 377 g/mol. The Hall–Kier alpha value is 0.0751. The first kappa shape index (κ1) is 13.1. The van der Waals surface area contributed by atoms with E-state index >= 15 is 0 Å². The molecule has 2 unspecified atom stereocenters. The zero-order valence-electron chi connectivity index (χ0n) is 9.23. The van der Waals surface area contributed by atoms with Gasteiger partial charge in [-0.1, -0.05) is 0 Å². The summed E-state index contributed by atoms with van der Waals surface area (Å²) in [6, 6.07) is 10.4. The summed E-state index contributed by atoms with van der Waals surface area (Å²) < 4.78 is 6.19. The van der Waals surface area contributed by atoms with Crippen LogP contribution in [0.1, 0.15) is 24.5 Å². The Kier molecular flexibility index (Phi) is 6.45. The number of benzene rings is 1. The molecule has 0 fully saturated rings. The van der Waals surface area contributed by atoms with Crippen LogP contribution in [0.15, 0.2) is 30.3 Å². The Bertz CT molecular complexity index is 264. The predicted octanol–water partition coefficient (Wildman–Crippen LogP) is 2.48. The van der Waals surface area contributed by atoms with Gasteiger partial charge < -0.3 is 0 Å². The number of aliphatic hydroxyl groups is 1. The molecular formula is C12H17HgO2. The summed E-state index contributed by atoms with van der Waals surface area (Å²) >= 11 is 0.667. The third-order valence-corrected chi connectivity index (χ3v) is 5.79. The first-order valence-electron chi connectivity index (χ1n) is 5.31. The van der Waals surface area contributed by atoms with E-state index < -0.39 is 0 Å². The summed E-state index contributed by atoms with van der Waals surface area (Å²) in [5, 5.41) is 8.82. The van der Waals surface area contributed by atoms with Crippen LogP contribution < -0.4 is 0 Å². The molecule has 1 N–H and O–H groups in total. The number of hydrogen-bond donors (Lipinski definition) is 1. The monoisotopic (exact) mass is 395 g/mol. The van der Waals surface area contributed by atoms with Crippen molar-refractivity contribution in [3.05, 3.63) is 35.9 Å². The van der Waals surface area contributed by atoms with Crippen LogP contribution in [0.4, 0.5) is 0 Å². The van der Waals surface area contributed by atoms with Gasteiger partial charge in [0.05, 0.1) is 0 Å². The van der Waals surface area contributed by atoms with Crippen LogP contribution in [0.3, 0.4) is 0 Å². The average molecular weight is 394 g/mol. The molecule has 0 aromatic heterocycles. The molecule has 0 aliphatic rings. The van der Waals surface area contributed by atoms with E-state index in [1.165, 1.54) is 5.56 Å². The van der Waals surface area contributed by atoms with Gasteiger partial charge in [0, 0.05) is 0 Å². The number of ether oxygens (including phenoxy) is 1. The predicted molar refractivity (Wildman–Crippen MR) is 56.3 cm³/mol. The molecule has 79 valence electrons. The molecule has 2 atom stereocenters. The van der Waals surface area contributed by atoms with Gasteiger partial charge in [0.1, 0.15) is 0 Å². The molecule has 0 heterocycles. The molecule has 0 aliphatic carbocycles. The second-order valence-corrected chi connectivity index (χ2v) is 7.77. The van der Waals surface area contributed by atoms with Crippen molar-refractivity contribution < 1.29 is 36.0 Å². The van der Waals surface area contributed by atoms with Gasteiger partial charge in [-0.15, -0.1) is 0 Å². The van der Waals surface area contributed by atoms with Crippen LogP contribution in [0, 0.1) is 0 Å². The third kappa shape index (κ3) is 4.21. The van der Waals surface area contributed by atoms with Gasteiger partial charge in [-0.25, -0.2) is 0 Å². The minimum absolute atomic E-state index is 0.223. The minimum atomic E-state index is 0.223. The Morgan fingerprint density at radius 1 is 1.33 bits per heavy atom. The number of rotatable bonds is 6. The molecule has 0 radical (unpaired) electrons. The van der Waals surface area contributed by atoms with E-state index in [-0.39, 0.29) is 6.10 Å². The van der Waals surface area contributed by atoms with E-state index in [0.717, 1.165) is 12.8 Å². The zero-order chi connectivity index (χ0) is 11.1. The van der Waals surface area contributed by atoms with E-state index in [0.29, 0.717) is 36.2 Å². The first-order valence-corrected chi connectivity index (χ1v) is 8.48. The third-order valence-electron chi connectivity index (χ3n) is 2.54. The summed E-state index contributed by atoms with van der Waals surface area (Å²) in [6.07, 6.45) is 2.19. The molecule has 1 rings (SSSR count). The molecule has 0 saturated carbocycles. The maximum absolute atomic E-state index is 8.82. The van der Waals surface area contributed by atoms with Gasteiger partial charge in [0.25, 0.3) is 0 Å². The Balaban J connectivity index is 2.63. The van der Waals surface area contributed by atoms with Crippen LogP contribution >= 0.6 is 0 Å². The maximum atomic E-state index is 8.82. The van der Waals surface area contributed by atoms with Gasteiger partial charge in [-0.3, -0.25) is 0 Å². The van der Waals surface area contributed by atoms with E-state index in [2.05, 4.69) is 12.1 Å². The average Bonchev–Trinajstić information content (AvgIpc) is 2.29. The molecule has 1 aromatic carbocycles. The van der Waals surface area contributed by atoms with Crippen molar-refractivity contribution in [2.45, 2.75) is 22.4 Å². The second-order valence-electron chi connectivity index (χ2n) is 3.69. The fourth-order valence-corrected chi connectivity index (χ4v) is 4.68. The second kappa shape index (κ2) is 7.37. The van der Waals surface area contributed by atoms with Crippen molar-refractivity contribution in [1.29, 1.82) is 0 Å². The van der Waals surface area contributed by atoms with Crippen molar-refractivity contribution in [2.24, 2.45) is 0 Å². The SMILES string of the molecule is COC(c1ccccc1)[CH]([Hg])CCCO. The van der Waals surface area contributed by atoms with Crippen molar-refractivity contribution >= 4 is 0 Å². The molecule has 0 aliphatic heterocycles. The summed E-state index contributed by atoms with van der Waals surface area (Å²) in [7, 11) is 1.77. The normalized spacial score (nSPS) is 14.9. The van der Waals surface area contributed by atoms with Crippen LogP contribution in [0.25, 0.3) is 0 Å². The Morgan fingerprint density at radius 3 is 2.53 bits per heavy atom. The fraction of sp³-hybridized carbons (Fsp3) is 0.500. The molecule has 0 amide bonds. The summed E-state index contributed by atoms with van der Waals surface area (Å²) in [4.78, 5) is 0. The van der Waals surface area contributed by atoms with E-state index in [1.54, 1.807) is 7.11 Å². The van der Waals surface area contributed by atoms with Crippen molar-refractivity contribution in [1.82, 2.24) is 0 Å². The zero-order valence-corrected chi connectivity index (χ0v) is 14.7. The van der Waals surface area contributed by atoms with Crippen molar-refractivity contribution in [3.8, 4) is 0 Å². The van der Waals surface area contributed by atoms with Crippen molar-refractivity contribution in [3.63, 3.8) is 0 Å². The molecule has 15 heavy (non-hydrogen) atoms. The summed E-state index contributed by atoms with van der Waals surface area (Å²) in [6.45, 7) is 0.291. The molecule has 1 aromatic rings. The Morgan fingerprint density at radius 2 is 2.00 bits per heavy atom.